The van der Waals surface area contributed by atoms with Gasteiger partial charge in [0.25, 0.3) is 0 Å². The summed E-state index contributed by atoms with van der Waals surface area (Å²) >= 11 is 5.99. The van der Waals surface area contributed by atoms with Gasteiger partial charge in [-0.25, -0.2) is 17.4 Å². The molecule has 1 heterocycles. The first kappa shape index (κ1) is 11.2. The molecule has 0 saturated heterocycles. The van der Waals surface area contributed by atoms with Crippen LogP contribution < -0.4 is 0 Å². The van der Waals surface area contributed by atoms with Gasteiger partial charge in [0.15, 0.2) is 5.82 Å². The van der Waals surface area contributed by atoms with Crippen LogP contribution in [0.5, 0.6) is 0 Å². The molecule has 0 saturated carbocycles. The number of nitrogens with zero attached hydrogens (tertiary/aromatic N) is 2. The van der Waals surface area contributed by atoms with E-state index in [-0.39, 0.29) is 0 Å². The number of aromatic nitrogens is 2. The summed E-state index contributed by atoms with van der Waals surface area (Å²) < 4.78 is 24.1. The maximum atomic E-state index is 11.5. The molecule has 0 radical (unpaired) electrons. The molecule has 2 aromatic rings. The molecule has 0 fully saturated rings. The molecule has 0 unspecified atom stereocenters. The van der Waals surface area contributed by atoms with Crippen molar-refractivity contribution in [3.8, 4) is 11.4 Å². The first-order valence-corrected chi connectivity index (χ1v) is 6.71. The van der Waals surface area contributed by atoms with Gasteiger partial charge in [0.05, 0.1) is 11.3 Å². The van der Waals surface area contributed by atoms with Gasteiger partial charge < -0.3 is 0 Å². The zero-order valence-electron chi connectivity index (χ0n) is 8.46. The Bertz CT molecular complexity index is 619. The van der Waals surface area contributed by atoms with Crippen LogP contribution in [-0.4, -0.2) is 23.6 Å². The third-order valence-electron chi connectivity index (χ3n) is 2.08. The lowest BCUT2D eigenvalue weighted by molar-refractivity contribution is 0.594. The molecule has 0 aliphatic carbocycles. The Morgan fingerprint density at radius 2 is 2.00 bits per heavy atom. The van der Waals surface area contributed by atoms with Gasteiger partial charge >= 0.3 is 0 Å². The fraction of sp³-hybridized carbons (Fsp3) is 0.100. The molecular formula is C10H9ClN2O2S. The summed E-state index contributed by atoms with van der Waals surface area (Å²) in [6.07, 6.45) is 3.95. The van der Waals surface area contributed by atoms with Crippen LogP contribution in [0.2, 0.25) is 5.02 Å². The zero-order chi connectivity index (χ0) is 11.8. The minimum atomic E-state index is -3.36. The van der Waals surface area contributed by atoms with Crippen molar-refractivity contribution < 1.29 is 8.42 Å². The van der Waals surface area contributed by atoms with E-state index in [0.29, 0.717) is 16.4 Å². The monoisotopic (exact) mass is 256 g/mol. The smallest absolute Gasteiger partial charge is 0.236 e. The van der Waals surface area contributed by atoms with Crippen LogP contribution in [-0.2, 0) is 10.0 Å². The van der Waals surface area contributed by atoms with Crippen molar-refractivity contribution in [3.05, 3.63) is 41.7 Å². The van der Waals surface area contributed by atoms with Crippen LogP contribution >= 0.6 is 11.6 Å². The van der Waals surface area contributed by atoms with E-state index in [4.69, 9.17) is 11.6 Å². The second-order valence-corrected chi connectivity index (χ2v) is 5.56. The van der Waals surface area contributed by atoms with Gasteiger partial charge in [0, 0.05) is 18.0 Å². The predicted octanol–water partition coefficient (Wildman–Crippen LogP) is 2.01. The number of hydrogen-bond donors (Lipinski definition) is 0. The van der Waals surface area contributed by atoms with E-state index >= 15 is 0 Å². The molecule has 0 aliphatic heterocycles. The summed E-state index contributed by atoms with van der Waals surface area (Å²) in [6, 6.07) is 6.98. The van der Waals surface area contributed by atoms with Crippen molar-refractivity contribution in [1.82, 2.24) is 8.96 Å². The van der Waals surface area contributed by atoms with Crippen LogP contribution in [0, 0.1) is 0 Å². The molecule has 4 nitrogen and oxygen atoms in total. The minimum Gasteiger partial charge on any atom is -0.236 e. The lowest BCUT2D eigenvalue weighted by Gasteiger charge is -2.06. The van der Waals surface area contributed by atoms with Crippen LogP contribution in [0.15, 0.2) is 36.7 Å². The Kier molecular flexibility index (Phi) is 2.73. The number of halogens is 1. The molecule has 0 aliphatic rings. The van der Waals surface area contributed by atoms with Gasteiger partial charge in [-0.15, -0.1) is 0 Å². The third-order valence-corrected chi connectivity index (χ3v) is 3.42. The minimum absolute atomic E-state index is 0.327. The molecule has 1 aromatic heterocycles. The van der Waals surface area contributed by atoms with Crippen LogP contribution in [0.1, 0.15) is 0 Å². The molecule has 0 amide bonds. The standard InChI is InChI=1S/C10H9ClN2O2S/c1-16(14,15)13-7-6-12-10(13)8-4-2-3-5-9(8)11/h2-7H,1H3. The van der Waals surface area contributed by atoms with E-state index in [2.05, 4.69) is 4.98 Å². The lowest BCUT2D eigenvalue weighted by Crippen LogP contribution is -2.10. The predicted molar refractivity (Wildman–Crippen MR) is 62.9 cm³/mol. The van der Waals surface area contributed by atoms with E-state index in [9.17, 15) is 8.42 Å². The zero-order valence-corrected chi connectivity index (χ0v) is 10.0. The molecular weight excluding hydrogens is 248 g/mol. The van der Waals surface area contributed by atoms with E-state index < -0.39 is 10.0 Å². The van der Waals surface area contributed by atoms with E-state index in [1.165, 1.54) is 12.4 Å². The summed E-state index contributed by atoms with van der Waals surface area (Å²) in [5, 5.41) is 0.471. The van der Waals surface area contributed by atoms with Crippen molar-refractivity contribution in [2.45, 2.75) is 0 Å². The SMILES string of the molecule is CS(=O)(=O)n1ccnc1-c1ccccc1Cl. The average Bonchev–Trinajstić information content (AvgIpc) is 2.66. The van der Waals surface area contributed by atoms with E-state index in [1.807, 2.05) is 0 Å². The van der Waals surface area contributed by atoms with Crippen molar-refractivity contribution in [3.63, 3.8) is 0 Å². The second kappa shape index (κ2) is 3.92. The highest BCUT2D eigenvalue weighted by Crippen LogP contribution is 2.26. The largest absolute Gasteiger partial charge is 0.237 e. The summed E-state index contributed by atoms with van der Waals surface area (Å²) in [7, 11) is -3.36. The highest BCUT2D eigenvalue weighted by Gasteiger charge is 2.14. The normalized spacial score (nSPS) is 11.6. The Morgan fingerprint density at radius 3 is 2.62 bits per heavy atom. The Labute approximate surface area is 98.6 Å². The Hall–Kier alpha value is -1.33. The van der Waals surface area contributed by atoms with Crippen molar-refractivity contribution in [2.24, 2.45) is 0 Å². The first-order valence-electron chi connectivity index (χ1n) is 4.49. The van der Waals surface area contributed by atoms with Crippen molar-refractivity contribution in [2.75, 3.05) is 6.26 Å². The van der Waals surface area contributed by atoms with Gasteiger partial charge in [-0.1, -0.05) is 23.7 Å². The maximum Gasteiger partial charge on any atom is 0.237 e. The highest BCUT2D eigenvalue weighted by molar-refractivity contribution is 7.89. The lowest BCUT2D eigenvalue weighted by atomic mass is 10.2. The average molecular weight is 257 g/mol. The fourth-order valence-electron chi connectivity index (χ4n) is 1.39. The Morgan fingerprint density at radius 1 is 1.31 bits per heavy atom. The summed E-state index contributed by atoms with van der Waals surface area (Å²) in [5.74, 6) is 0.327. The summed E-state index contributed by atoms with van der Waals surface area (Å²) in [4.78, 5) is 4.01. The first-order chi connectivity index (χ1) is 7.50. The molecule has 1 aromatic carbocycles. The van der Waals surface area contributed by atoms with Crippen molar-refractivity contribution in [1.29, 1.82) is 0 Å². The molecule has 2 rings (SSSR count). The molecule has 84 valence electrons. The summed E-state index contributed by atoms with van der Waals surface area (Å²) in [6.45, 7) is 0. The summed E-state index contributed by atoms with van der Waals surface area (Å²) in [5.41, 5.74) is 0.597. The topological polar surface area (TPSA) is 52.0 Å². The van der Waals surface area contributed by atoms with Gasteiger partial charge in [-0.3, -0.25) is 0 Å². The van der Waals surface area contributed by atoms with Crippen molar-refractivity contribution >= 4 is 21.6 Å². The molecule has 0 spiro atoms. The van der Waals surface area contributed by atoms with Crippen LogP contribution in [0.4, 0.5) is 0 Å². The van der Waals surface area contributed by atoms with E-state index in [1.54, 1.807) is 24.3 Å². The van der Waals surface area contributed by atoms with Gasteiger partial charge in [0.1, 0.15) is 0 Å². The number of imidazole rings is 1. The number of benzene rings is 1. The third kappa shape index (κ3) is 1.96. The van der Waals surface area contributed by atoms with Gasteiger partial charge in [-0.05, 0) is 12.1 Å². The van der Waals surface area contributed by atoms with E-state index in [0.717, 1.165) is 10.2 Å². The molecule has 6 heteroatoms. The molecule has 0 bridgehead atoms. The molecule has 0 atom stereocenters. The van der Waals surface area contributed by atoms with Crippen LogP contribution in [0.25, 0.3) is 11.4 Å². The van der Waals surface area contributed by atoms with Crippen LogP contribution in [0.3, 0.4) is 0 Å². The second-order valence-electron chi connectivity index (χ2n) is 3.29. The Balaban J connectivity index is 2.68. The number of hydrogen-bond acceptors (Lipinski definition) is 3. The quantitative estimate of drug-likeness (QED) is 0.826. The van der Waals surface area contributed by atoms with Gasteiger partial charge in [0.2, 0.25) is 10.0 Å². The number of rotatable bonds is 2. The molecule has 0 N–H and O–H groups in total. The highest BCUT2D eigenvalue weighted by atomic mass is 35.5. The molecule has 16 heavy (non-hydrogen) atoms. The van der Waals surface area contributed by atoms with Gasteiger partial charge in [-0.2, -0.15) is 0 Å². The fourth-order valence-corrected chi connectivity index (χ4v) is 2.35. The maximum absolute atomic E-state index is 11.5.